The maximum Gasteiger partial charge on any atom is -0.0235 e. The van der Waals surface area contributed by atoms with Crippen molar-refractivity contribution in [3.8, 4) is 0 Å². The van der Waals surface area contributed by atoms with Crippen molar-refractivity contribution < 1.29 is 0 Å². The van der Waals surface area contributed by atoms with Crippen molar-refractivity contribution in [2.75, 3.05) is 0 Å². The van der Waals surface area contributed by atoms with Crippen LogP contribution in [0.1, 0.15) is 52.9 Å². The van der Waals surface area contributed by atoms with Crippen LogP contribution < -0.4 is 0 Å². The van der Waals surface area contributed by atoms with Crippen molar-refractivity contribution in [1.29, 1.82) is 0 Å². The molecule has 0 bridgehead atoms. The first-order valence-corrected chi connectivity index (χ1v) is 5.74. The third-order valence-corrected chi connectivity index (χ3v) is 4.33. The molecule has 70 valence electrons. The minimum Gasteiger partial charge on any atom is -0.0654 e. The number of rotatable bonds is 5. The zero-order chi connectivity index (χ0) is 8.77. The fourth-order valence-corrected chi connectivity index (χ4v) is 3.39. The van der Waals surface area contributed by atoms with E-state index in [-0.39, 0.29) is 0 Å². The molecule has 2 aliphatic rings. The van der Waals surface area contributed by atoms with Gasteiger partial charge in [-0.25, -0.2) is 0 Å². The molecule has 0 radical (unpaired) electrons. The van der Waals surface area contributed by atoms with Gasteiger partial charge in [-0.1, -0.05) is 33.6 Å². The maximum atomic E-state index is 2.44. The Morgan fingerprint density at radius 2 is 2.00 bits per heavy atom. The van der Waals surface area contributed by atoms with Gasteiger partial charge in [-0.3, -0.25) is 0 Å². The van der Waals surface area contributed by atoms with Gasteiger partial charge >= 0.3 is 0 Å². The molecule has 2 saturated carbocycles. The van der Waals surface area contributed by atoms with Gasteiger partial charge in [-0.15, -0.1) is 0 Å². The van der Waals surface area contributed by atoms with Crippen LogP contribution in [0.3, 0.4) is 0 Å². The monoisotopic (exact) mass is 166 g/mol. The molecule has 12 heavy (non-hydrogen) atoms. The summed E-state index contributed by atoms with van der Waals surface area (Å²) in [6.45, 7) is 7.15. The Balaban J connectivity index is 1.78. The predicted molar refractivity (Wildman–Crippen MR) is 53.0 cm³/mol. The molecule has 3 unspecified atom stereocenters. The predicted octanol–water partition coefficient (Wildman–Crippen LogP) is 3.86. The van der Waals surface area contributed by atoms with E-state index in [9.17, 15) is 0 Å². The topological polar surface area (TPSA) is 0 Å². The summed E-state index contributed by atoms with van der Waals surface area (Å²) in [5.41, 5.74) is 0.870. The first kappa shape index (κ1) is 8.59. The van der Waals surface area contributed by atoms with Crippen LogP contribution in [0.15, 0.2) is 0 Å². The Kier molecular flexibility index (Phi) is 1.97. The fraction of sp³-hybridized carbons (Fsp3) is 1.00. The van der Waals surface area contributed by atoms with Gasteiger partial charge in [0.05, 0.1) is 0 Å². The van der Waals surface area contributed by atoms with Crippen LogP contribution in [-0.4, -0.2) is 0 Å². The van der Waals surface area contributed by atoms with Crippen molar-refractivity contribution in [3.63, 3.8) is 0 Å². The average Bonchev–Trinajstić information content (AvgIpc) is 2.87. The molecule has 0 aromatic carbocycles. The van der Waals surface area contributed by atoms with E-state index in [1.807, 2.05) is 0 Å². The summed E-state index contributed by atoms with van der Waals surface area (Å²) in [6, 6.07) is 0. The van der Waals surface area contributed by atoms with Crippen molar-refractivity contribution in [2.45, 2.75) is 52.9 Å². The quantitative estimate of drug-likeness (QED) is 0.582. The lowest BCUT2D eigenvalue weighted by atomic mass is 9.81. The van der Waals surface area contributed by atoms with E-state index in [0.29, 0.717) is 0 Å². The van der Waals surface area contributed by atoms with Crippen molar-refractivity contribution in [1.82, 2.24) is 0 Å². The molecule has 0 spiro atoms. The summed E-state index contributed by atoms with van der Waals surface area (Å²) in [6.07, 6.45) is 7.38. The van der Waals surface area contributed by atoms with E-state index in [4.69, 9.17) is 0 Å². The third-order valence-electron chi connectivity index (χ3n) is 4.33. The van der Waals surface area contributed by atoms with Gasteiger partial charge in [0.15, 0.2) is 0 Å². The van der Waals surface area contributed by atoms with Gasteiger partial charge in [-0.2, -0.15) is 0 Å². The first-order valence-electron chi connectivity index (χ1n) is 5.74. The van der Waals surface area contributed by atoms with Crippen molar-refractivity contribution in [3.05, 3.63) is 0 Å². The molecule has 2 fully saturated rings. The average molecular weight is 166 g/mol. The van der Waals surface area contributed by atoms with E-state index in [1.165, 1.54) is 37.5 Å². The molecule has 0 saturated heterocycles. The fourth-order valence-electron chi connectivity index (χ4n) is 3.39. The Labute approximate surface area is 76.7 Å². The van der Waals surface area contributed by atoms with Crippen molar-refractivity contribution >= 4 is 0 Å². The molecular formula is C12H22. The lowest BCUT2D eigenvalue weighted by molar-refractivity contribution is 0.263. The molecule has 0 N–H and O–H groups in total. The summed E-state index contributed by atoms with van der Waals surface area (Å²) in [7, 11) is 0. The molecule has 2 aliphatic carbocycles. The molecule has 0 aromatic heterocycles. The Morgan fingerprint density at radius 3 is 2.33 bits per heavy atom. The molecule has 0 nitrogen and oxygen atoms in total. The van der Waals surface area contributed by atoms with Gasteiger partial charge < -0.3 is 0 Å². The van der Waals surface area contributed by atoms with Gasteiger partial charge in [0.2, 0.25) is 0 Å². The highest BCUT2D eigenvalue weighted by atomic mass is 14.8. The summed E-state index contributed by atoms with van der Waals surface area (Å²) in [4.78, 5) is 0. The van der Waals surface area contributed by atoms with Gasteiger partial charge in [0.1, 0.15) is 0 Å². The lowest BCUT2D eigenvalue weighted by Crippen LogP contribution is -2.14. The van der Waals surface area contributed by atoms with Crippen LogP contribution in [0.4, 0.5) is 0 Å². The van der Waals surface area contributed by atoms with Gasteiger partial charge in [0, 0.05) is 0 Å². The molecular weight excluding hydrogens is 144 g/mol. The second kappa shape index (κ2) is 2.75. The van der Waals surface area contributed by atoms with Gasteiger partial charge in [0.25, 0.3) is 0 Å². The van der Waals surface area contributed by atoms with E-state index >= 15 is 0 Å². The van der Waals surface area contributed by atoms with Crippen LogP contribution in [-0.2, 0) is 0 Å². The molecule has 0 heteroatoms. The highest BCUT2D eigenvalue weighted by molar-refractivity contribution is 5.22. The molecule has 0 heterocycles. The number of fused-ring (bicyclic) bond motifs is 1. The smallest absolute Gasteiger partial charge is 0.0235 e. The Morgan fingerprint density at radius 1 is 1.33 bits per heavy atom. The second-order valence-electron chi connectivity index (χ2n) is 5.13. The van der Waals surface area contributed by atoms with Crippen LogP contribution in [0.5, 0.6) is 0 Å². The second-order valence-corrected chi connectivity index (χ2v) is 5.13. The number of hydrogen-bond donors (Lipinski definition) is 0. The minimum atomic E-state index is 0.870. The van der Waals surface area contributed by atoms with E-state index in [2.05, 4.69) is 20.8 Å². The summed E-state index contributed by atoms with van der Waals surface area (Å²) >= 11 is 0. The van der Waals surface area contributed by atoms with Crippen molar-refractivity contribution in [2.24, 2.45) is 23.2 Å². The molecule has 2 rings (SSSR count). The highest BCUT2D eigenvalue weighted by Gasteiger charge is 2.74. The lowest BCUT2D eigenvalue weighted by Gasteiger charge is -2.24. The van der Waals surface area contributed by atoms with Crippen LogP contribution >= 0.6 is 0 Å². The highest BCUT2D eigenvalue weighted by Crippen LogP contribution is 2.81. The Bertz CT molecular complexity index is 163. The van der Waals surface area contributed by atoms with Gasteiger partial charge in [-0.05, 0) is 42.4 Å². The number of hydrogen-bond acceptors (Lipinski definition) is 0. The van der Waals surface area contributed by atoms with Crippen LogP contribution in [0, 0.1) is 23.2 Å². The van der Waals surface area contributed by atoms with Crippen LogP contribution in [0.25, 0.3) is 0 Å². The SMILES string of the molecule is CCCC(C)CC1(CC)C2CC21. The molecule has 0 aliphatic heterocycles. The molecule has 0 amide bonds. The first-order chi connectivity index (χ1) is 5.74. The summed E-state index contributed by atoms with van der Waals surface area (Å²) < 4.78 is 0. The molecule has 0 aromatic rings. The maximum absolute atomic E-state index is 2.44. The third kappa shape index (κ3) is 1.11. The normalized spacial score (nSPS) is 45.2. The largest absolute Gasteiger partial charge is 0.0654 e. The zero-order valence-corrected chi connectivity index (χ0v) is 8.77. The standard InChI is InChI=1S/C12H22/c1-4-6-9(3)8-12(5-2)10-7-11(10)12/h9-11H,4-8H2,1-3H3. The Hall–Kier alpha value is 0. The minimum absolute atomic E-state index is 0.870. The summed E-state index contributed by atoms with van der Waals surface area (Å²) in [5.74, 6) is 3.35. The zero-order valence-electron chi connectivity index (χ0n) is 8.77. The summed E-state index contributed by atoms with van der Waals surface area (Å²) in [5, 5.41) is 0. The van der Waals surface area contributed by atoms with Crippen LogP contribution in [0.2, 0.25) is 0 Å². The molecule has 3 atom stereocenters. The van der Waals surface area contributed by atoms with E-state index < -0.39 is 0 Å². The van der Waals surface area contributed by atoms with E-state index in [0.717, 1.165) is 11.3 Å². The van der Waals surface area contributed by atoms with E-state index in [1.54, 1.807) is 6.42 Å².